The molecule has 1 aliphatic heterocycles. The zero-order valence-corrected chi connectivity index (χ0v) is 15.5. The quantitative estimate of drug-likeness (QED) is 0.721. The van der Waals surface area contributed by atoms with E-state index in [2.05, 4.69) is 9.71 Å². The predicted molar refractivity (Wildman–Crippen MR) is 101 cm³/mol. The summed E-state index contributed by atoms with van der Waals surface area (Å²) in [6.45, 7) is 1.09. The number of nitrogens with zero attached hydrogens (tertiary/aromatic N) is 2. The van der Waals surface area contributed by atoms with Crippen molar-refractivity contribution in [3.05, 3.63) is 53.6 Å². The van der Waals surface area contributed by atoms with E-state index in [1.165, 1.54) is 12.1 Å². The number of fused-ring (bicyclic) bond motifs is 1. The molecule has 0 radical (unpaired) electrons. The molecule has 6 nitrogen and oxygen atoms in total. The number of anilines is 1. The molecule has 0 spiro atoms. The first-order valence-electron chi connectivity index (χ1n) is 8.40. The Morgan fingerprint density at radius 1 is 1.19 bits per heavy atom. The lowest BCUT2D eigenvalue weighted by molar-refractivity contribution is 0.534. The third-order valence-electron chi connectivity index (χ3n) is 4.54. The van der Waals surface area contributed by atoms with Crippen molar-refractivity contribution in [3.63, 3.8) is 0 Å². The topological polar surface area (TPSA) is 75.4 Å². The van der Waals surface area contributed by atoms with Crippen LogP contribution in [-0.2, 0) is 10.0 Å². The Labute approximate surface area is 156 Å². The van der Waals surface area contributed by atoms with E-state index in [0.29, 0.717) is 17.6 Å². The molecule has 3 aromatic rings. The molecule has 1 aromatic heterocycles. The number of hydrogen-bond donors (Lipinski definition) is 1. The highest BCUT2D eigenvalue weighted by Gasteiger charge is 2.29. The molecule has 0 aliphatic carbocycles. The Kier molecular flexibility index (Phi) is 4.60. The van der Waals surface area contributed by atoms with E-state index in [0.717, 1.165) is 30.5 Å². The maximum atomic E-state index is 12.5. The van der Waals surface area contributed by atoms with Crippen LogP contribution in [0.15, 0.2) is 57.8 Å². The van der Waals surface area contributed by atoms with E-state index in [9.17, 15) is 8.42 Å². The highest BCUT2D eigenvalue weighted by molar-refractivity contribution is 7.89. The highest BCUT2D eigenvalue weighted by atomic mass is 35.5. The standard InChI is InChI=1S/C18H18ClN3O3S/c19-13-7-9-15(10-8-13)26(23,24)20-12-14-4-3-11-22(14)18-21-16-5-1-2-6-17(16)25-18/h1-2,5-10,14,20H,3-4,11-12H2. The molecule has 0 bridgehead atoms. The Balaban J connectivity index is 1.49. The molecule has 8 heteroatoms. The van der Waals surface area contributed by atoms with Crippen molar-refractivity contribution in [1.82, 2.24) is 9.71 Å². The van der Waals surface area contributed by atoms with Crippen LogP contribution in [0.5, 0.6) is 0 Å². The van der Waals surface area contributed by atoms with E-state index in [1.54, 1.807) is 12.1 Å². The molecule has 0 amide bonds. The average Bonchev–Trinajstić information content (AvgIpc) is 3.26. The lowest BCUT2D eigenvalue weighted by Crippen LogP contribution is -2.40. The number of hydrogen-bond acceptors (Lipinski definition) is 5. The molecule has 1 unspecified atom stereocenters. The fourth-order valence-electron chi connectivity index (χ4n) is 3.19. The van der Waals surface area contributed by atoms with Gasteiger partial charge in [0.2, 0.25) is 10.0 Å². The zero-order valence-electron chi connectivity index (χ0n) is 13.9. The fourth-order valence-corrected chi connectivity index (χ4v) is 4.38. The number of aromatic nitrogens is 1. The summed E-state index contributed by atoms with van der Waals surface area (Å²) >= 11 is 5.82. The summed E-state index contributed by atoms with van der Waals surface area (Å²) in [7, 11) is -3.58. The lowest BCUT2D eigenvalue weighted by Gasteiger charge is -2.23. The Hall–Kier alpha value is -2.09. The Morgan fingerprint density at radius 2 is 1.96 bits per heavy atom. The zero-order chi connectivity index (χ0) is 18.1. The molecule has 2 aromatic carbocycles. The Morgan fingerprint density at radius 3 is 2.73 bits per heavy atom. The molecule has 1 saturated heterocycles. The number of sulfonamides is 1. The molecule has 2 heterocycles. The monoisotopic (exact) mass is 391 g/mol. The van der Waals surface area contributed by atoms with Crippen LogP contribution in [0.3, 0.4) is 0 Å². The number of para-hydroxylation sites is 2. The maximum Gasteiger partial charge on any atom is 0.298 e. The third kappa shape index (κ3) is 3.42. The number of benzene rings is 2. The van der Waals surface area contributed by atoms with Crippen LogP contribution in [0.2, 0.25) is 5.02 Å². The molecule has 26 heavy (non-hydrogen) atoms. The van der Waals surface area contributed by atoms with Gasteiger partial charge in [-0.2, -0.15) is 4.98 Å². The summed E-state index contributed by atoms with van der Waals surface area (Å²) in [5.74, 6) is 0. The van der Waals surface area contributed by atoms with E-state index in [4.69, 9.17) is 16.0 Å². The van der Waals surface area contributed by atoms with Gasteiger partial charge >= 0.3 is 0 Å². The summed E-state index contributed by atoms with van der Waals surface area (Å²) < 4.78 is 33.5. The van der Waals surface area contributed by atoms with Crippen LogP contribution in [0.4, 0.5) is 6.01 Å². The smallest absolute Gasteiger partial charge is 0.298 e. The van der Waals surface area contributed by atoms with Gasteiger partial charge in [0.15, 0.2) is 5.58 Å². The van der Waals surface area contributed by atoms with E-state index < -0.39 is 10.0 Å². The summed E-state index contributed by atoms with van der Waals surface area (Å²) in [5, 5.41) is 0.502. The van der Waals surface area contributed by atoms with Crippen LogP contribution < -0.4 is 9.62 Å². The van der Waals surface area contributed by atoms with Gasteiger partial charge in [0.05, 0.1) is 4.90 Å². The van der Waals surface area contributed by atoms with Gasteiger partial charge in [-0.25, -0.2) is 13.1 Å². The van der Waals surface area contributed by atoms with Crippen molar-refractivity contribution >= 4 is 38.7 Å². The minimum Gasteiger partial charge on any atom is -0.423 e. The Bertz CT molecular complexity index is 985. The SMILES string of the molecule is O=S(=O)(NCC1CCCN1c1nc2ccccc2o1)c1ccc(Cl)cc1. The van der Waals surface area contributed by atoms with Crippen LogP contribution in [0, 0.1) is 0 Å². The molecule has 0 saturated carbocycles. The minimum atomic E-state index is -3.58. The van der Waals surface area contributed by atoms with E-state index >= 15 is 0 Å². The average molecular weight is 392 g/mol. The fraction of sp³-hybridized carbons (Fsp3) is 0.278. The predicted octanol–water partition coefficient (Wildman–Crippen LogP) is 3.43. The molecule has 136 valence electrons. The van der Waals surface area contributed by atoms with Gasteiger partial charge in [-0.15, -0.1) is 0 Å². The first kappa shape index (κ1) is 17.3. The van der Waals surface area contributed by atoms with Gasteiger partial charge in [0, 0.05) is 24.2 Å². The maximum absolute atomic E-state index is 12.5. The summed E-state index contributed by atoms with van der Waals surface area (Å²) in [5.41, 5.74) is 1.53. The minimum absolute atomic E-state index is 0.00476. The van der Waals surface area contributed by atoms with Crippen LogP contribution in [-0.4, -0.2) is 32.5 Å². The van der Waals surface area contributed by atoms with Crippen molar-refractivity contribution < 1.29 is 12.8 Å². The summed E-state index contributed by atoms with van der Waals surface area (Å²) in [4.78, 5) is 6.76. The van der Waals surface area contributed by atoms with Gasteiger partial charge < -0.3 is 9.32 Å². The summed E-state index contributed by atoms with van der Waals surface area (Å²) in [6, 6.07) is 14.3. The summed E-state index contributed by atoms with van der Waals surface area (Å²) in [6.07, 6.45) is 1.84. The van der Waals surface area contributed by atoms with Gasteiger partial charge in [-0.1, -0.05) is 23.7 Å². The van der Waals surface area contributed by atoms with Gasteiger partial charge in [0.1, 0.15) is 5.52 Å². The third-order valence-corrected chi connectivity index (χ3v) is 6.23. The molecular formula is C18H18ClN3O3S. The highest BCUT2D eigenvalue weighted by Crippen LogP contribution is 2.28. The van der Waals surface area contributed by atoms with Crippen molar-refractivity contribution in [2.24, 2.45) is 0 Å². The van der Waals surface area contributed by atoms with E-state index in [-0.39, 0.29) is 10.9 Å². The van der Waals surface area contributed by atoms with Gasteiger partial charge in [-0.05, 0) is 49.2 Å². The number of oxazole rings is 1. The van der Waals surface area contributed by atoms with Crippen LogP contribution >= 0.6 is 11.6 Å². The van der Waals surface area contributed by atoms with Crippen molar-refractivity contribution in [1.29, 1.82) is 0 Å². The molecule has 4 rings (SSSR count). The molecule has 1 fully saturated rings. The first-order chi connectivity index (χ1) is 12.5. The van der Waals surface area contributed by atoms with Crippen molar-refractivity contribution in [2.45, 2.75) is 23.8 Å². The molecular weight excluding hydrogens is 374 g/mol. The van der Waals surface area contributed by atoms with Crippen molar-refractivity contribution in [2.75, 3.05) is 18.0 Å². The van der Waals surface area contributed by atoms with Crippen LogP contribution in [0.25, 0.3) is 11.1 Å². The molecule has 1 aliphatic rings. The van der Waals surface area contributed by atoms with Gasteiger partial charge in [0.25, 0.3) is 6.01 Å². The second kappa shape index (κ2) is 6.90. The van der Waals surface area contributed by atoms with Gasteiger partial charge in [-0.3, -0.25) is 0 Å². The molecule has 1 atom stereocenters. The number of nitrogens with one attached hydrogen (secondary N) is 1. The van der Waals surface area contributed by atoms with Crippen molar-refractivity contribution in [3.8, 4) is 0 Å². The second-order valence-corrected chi connectivity index (χ2v) is 8.46. The number of rotatable bonds is 5. The lowest BCUT2D eigenvalue weighted by atomic mass is 10.2. The first-order valence-corrected chi connectivity index (χ1v) is 10.3. The van der Waals surface area contributed by atoms with Crippen LogP contribution in [0.1, 0.15) is 12.8 Å². The molecule has 1 N–H and O–H groups in total. The number of halogens is 1. The van der Waals surface area contributed by atoms with E-state index in [1.807, 2.05) is 29.2 Å². The largest absolute Gasteiger partial charge is 0.423 e. The normalized spacial score (nSPS) is 17.9. The second-order valence-electron chi connectivity index (χ2n) is 6.26.